The molecule has 15 heavy (non-hydrogen) atoms. The Bertz CT molecular complexity index is 299. The molecule has 0 aliphatic rings. The molecule has 1 rings (SSSR count). The molecule has 1 aromatic carbocycles. The average Bonchev–Trinajstić information content (AvgIpc) is 2.14. The van der Waals surface area contributed by atoms with Gasteiger partial charge >= 0.3 is 0 Å². The Morgan fingerprint density at radius 2 is 2.13 bits per heavy atom. The van der Waals surface area contributed by atoms with Gasteiger partial charge in [0.05, 0.1) is 0 Å². The summed E-state index contributed by atoms with van der Waals surface area (Å²) in [6.07, 6.45) is 1.06. The predicted octanol–water partition coefficient (Wildman–Crippen LogP) is 3.23. The van der Waals surface area contributed by atoms with Gasteiger partial charge in [0.25, 0.3) is 0 Å². The second kappa shape index (κ2) is 6.13. The van der Waals surface area contributed by atoms with Gasteiger partial charge in [0, 0.05) is 22.7 Å². The summed E-state index contributed by atoms with van der Waals surface area (Å²) in [6, 6.07) is 8.36. The second-order valence-corrected chi connectivity index (χ2v) is 5.20. The summed E-state index contributed by atoms with van der Waals surface area (Å²) < 4.78 is 1.09. The fourth-order valence-electron chi connectivity index (χ4n) is 1.54. The van der Waals surface area contributed by atoms with E-state index in [1.165, 1.54) is 0 Å². The van der Waals surface area contributed by atoms with Gasteiger partial charge in [0.2, 0.25) is 0 Å². The number of nitrogens with two attached hydrogens (primary N) is 1. The van der Waals surface area contributed by atoms with Gasteiger partial charge in [-0.1, -0.05) is 35.8 Å². The highest BCUT2D eigenvalue weighted by atomic mass is 79.9. The standard InChI is InChI=1S/C12H19BrN2/c1-9(2)6-11(14)8-15-12-5-3-4-10(13)7-12/h3-5,7,9,11,15H,6,8,14H2,1-2H3. The molecule has 0 saturated carbocycles. The highest BCUT2D eigenvalue weighted by Gasteiger charge is 2.04. The molecule has 0 saturated heterocycles. The summed E-state index contributed by atoms with van der Waals surface area (Å²) in [7, 11) is 0. The third kappa shape index (κ3) is 5.19. The van der Waals surface area contributed by atoms with E-state index in [4.69, 9.17) is 5.73 Å². The van der Waals surface area contributed by atoms with Crippen LogP contribution in [-0.2, 0) is 0 Å². The van der Waals surface area contributed by atoms with Crippen LogP contribution in [0.15, 0.2) is 28.7 Å². The maximum Gasteiger partial charge on any atom is 0.0352 e. The molecular formula is C12H19BrN2. The molecule has 0 aliphatic carbocycles. The van der Waals surface area contributed by atoms with Crippen molar-refractivity contribution in [1.82, 2.24) is 0 Å². The van der Waals surface area contributed by atoms with Gasteiger partial charge in [0.15, 0.2) is 0 Å². The lowest BCUT2D eigenvalue weighted by molar-refractivity contribution is 0.508. The molecule has 3 N–H and O–H groups in total. The molecule has 1 aromatic rings. The molecule has 1 unspecified atom stereocenters. The first-order valence-electron chi connectivity index (χ1n) is 5.33. The van der Waals surface area contributed by atoms with Crippen LogP contribution < -0.4 is 11.1 Å². The number of benzene rings is 1. The summed E-state index contributed by atoms with van der Waals surface area (Å²) in [4.78, 5) is 0. The van der Waals surface area contributed by atoms with Crippen molar-refractivity contribution < 1.29 is 0 Å². The maximum absolute atomic E-state index is 5.99. The van der Waals surface area contributed by atoms with Crippen LogP contribution in [-0.4, -0.2) is 12.6 Å². The Balaban J connectivity index is 2.36. The van der Waals surface area contributed by atoms with E-state index in [0.29, 0.717) is 5.92 Å². The lowest BCUT2D eigenvalue weighted by atomic mass is 10.0. The maximum atomic E-state index is 5.99. The topological polar surface area (TPSA) is 38.0 Å². The van der Waals surface area contributed by atoms with Crippen molar-refractivity contribution in [2.24, 2.45) is 11.7 Å². The van der Waals surface area contributed by atoms with Crippen molar-refractivity contribution >= 4 is 21.6 Å². The zero-order valence-corrected chi connectivity index (χ0v) is 10.9. The van der Waals surface area contributed by atoms with Gasteiger partial charge in [-0.3, -0.25) is 0 Å². The van der Waals surface area contributed by atoms with E-state index < -0.39 is 0 Å². The Morgan fingerprint density at radius 3 is 2.73 bits per heavy atom. The fourth-order valence-corrected chi connectivity index (χ4v) is 1.94. The molecule has 0 spiro atoms. The van der Waals surface area contributed by atoms with E-state index in [2.05, 4.69) is 41.2 Å². The largest absolute Gasteiger partial charge is 0.383 e. The highest BCUT2D eigenvalue weighted by Crippen LogP contribution is 2.15. The number of anilines is 1. The van der Waals surface area contributed by atoms with E-state index >= 15 is 0 Å². The van der Waals surface area contributed by atoms with Crippen LogP contribution in [0.3, 0.4) is 0 Å². The first-order chi connectivity index (χ1) is 7.08. The van der Waals surface area contributed by atoms with Crippen LogP contribution >= 0.6 is 15.9 Å². The zero-order chi connectivity index (χ0) is 11.3. The number of rotatable bonds is 5. The SMILES string of the molecule is CC(C)CC(N)CNc1cccc(Br)c1. The lowest BCUT2D eigenvalue weighted by Gasteiger charge is -2.15. The molecule has 1 atom stereocenters. The van der Waals surface area contributed by atoms with Gasteiger partial charge in [-0.05, 0) is 30.5 Å². The van der Waals surface area contributed by atoms with Crippen LogP contribution in [0, 0.1) is 5.92 Å². The molecule has 2 nitrogen and oxygen atoms in total. The van der Waals surface area contributed by atoms with Crippen LogP contribution in [0.25, 0.3) is 0 Å². The fraction of sp³-hybridized carbons (Fsp3) is 0.500. The minimum atomic E-state index is 0.226. The molecule has 0 radical (unpaired) electrons. The first kappa shape index (κ1) is 12.5. The Morgan fingerprint density at radius 1 is 1.40 bits per heavy atom. The Labute approximate surface area is 100 Å². The molecule has 0 amide bonds. The summed E-state index contributed by atoms with van der Waals surface area (Å²) in [5.41, 5.74) is 7.10. The summed E-state index contributed by atoms with van der Waals surface area (Å²) in [6.45, 7) is 5.21. The molecule has 3 heteroatoms. The van der Waals surface area contributed by atoms with E-state index in [9.17, 15) is 0 Å². The third-order valence-electron chi connectivity index (χ3n) is 2.17. The Kier molecular flexibility index (Phi) is 5.12. The van der Waals surface area contributed by atoms with Gasteiger partial charge in [0.1, 0.15) is 0 Å². The molecule has 0 fully saturated rings. The number of hydrogen-bond acceptors (Lipinski definition) is 2. The van der Waals surface area contributed by atoms with Crippen molar-refractivity contribution in [3.63, 3.8) is 0 Å². The van der Waals surface area contributed by atoms with Crippen LogP contribution in [0.1, 0.15) is 20.3 Å². The van der Waals surface area contributed by atoms with Crippen molar-refractivity contribution in [3.05, 3.63) is 28.7 Å². The van der Waals surface area contributed by atoms with E-state index in [1.54, 1.807) is 0 Å². The summed E-state index contributed by atoms with van der Waals surface area (Å²) in [5, 5.41) is 3.34. The number of hydrogen-bond donors (Lipinski definition) is 2. The summed E-state index contributed by atoms with van der Waals surface area (Å²) >= 11 is 3.44. The third-order valence-corrected chi connectivity index (χ3v) is 2.66. The van der Waals surface area contributed by atoms with E-state index in [-0.39, 0.29) is 6.04 Å². The van der Waals surface area contributed by atoms with Crippen molar-refractivity contribution in [3.8, 4) is 0 Å². The van der Waals surface area contributed by atoms with Gasteiger partial charge in [-0.15, -0.1) is 0 Å². The van der Waals surface area contributed by atoms with Gasteiger partial charge in [-0.2, -0.15) is 0 Å². The molecule has 0 aliphatic heterocycles. The van der Waals surface area contributed by atoms with Crippen molar-refractivity contribution in [2.75, 3.05) is 11.9 Å². The highest BCUT2D eigenvalue weighted by molar-refractivity contribution is 9.10. The molecule has 0 heterocycles. The van der Waals surface area contributed by atoms with Crippen LogP contribution in [0.4, 0.5) is 5.69 Å². The summed E-state index contributed by atoms with van der Waals surface area (Å²) in [5.74, 6) is 0.657. The number of halogens is 1. The molecule has 84 valence electrons. The Hall–Kier alpha value is -0.540. The molecular weight excluding hydrogens is 252 g/mol. The van der Waals surface area contributed by atoms with Gasteiger partial charge in [-0.25, -0.2) is 0 Å². The predicted molar refractivity (Wildman–Crippen MR) is 70.1 cm³/mol. The van der Waals surface area contributed by atoms with E-state index in [1.807, 2.05) is 18.2 Å². The first-order valence-corrected chi connectivity index (χ1v) is 6.12. The monoisotopic (exact) mass is 270 g/mol. The van der Waals surface area contributed by atoms with Crippen molar-refractivity contribution in [1.29, 1.82) is 0 Å². The molecule has 0 bridgehead atoms. The number of nitrogens with one attached hydrogen (secondary N) is 1. The second-order valence-electron chi connectivity index (χ2n) is 4.28. The van der Waals surface area contributed by atoms with Crippen LogP contribution in [0.2, 0.25) is 0 Å². The minimum absolute atomic E-state index is 0.226. The zero-order valence-electron chi connectivity index (χ0n) is 9.33. The van der Waals surface area contributed by atoms with Crippen molar-refractivity contribution in [2.45, 2.75) is 26.3 Å². The van der Waals surface area contributed by atoms with Gasteiger partial charge < -0.3 is 11.1 Å². The normalized spacial score (nSPS) is 12.9. The molecule has 0 aromatic heterocycles. The smallest absolute Gasteiger partial charge is 0.0352 e. The minimum Gasteiger partial charge on any atom is -0.383 e. The lowest BCUT2D eigenvalue weighted by Crippen LogP contribution is -2.30. The average molecular weight is 271 g/mol. The quantitative estimate of drug-likeness (QED) is 0.862. The van der Waals surface area contributed by atoms with Crippen LogP contribution in [0.5, 0.6) is 0 Å². The van der Waals surface area contributed by atoms with E-state index in [0.717, 1.165) is 23.1 Å².